The second kappa shape index (κ2) is 6.39. The van der Waals surface area contributed by atoms with Crippen LogP contribution in [0.1, 0.15) is 38.8 Å². The molecule has 1 N–H and O–H groups in total. The molecule has 4 nitrogen and oxygen atoms in total. The van der Waals surface area contributed by atoms with Crippen LogP contribution in [0.3, 0.4) is 0 Å². The molecule has 1 aromatic carbocycles. The molecule has 0 saturated carbocycles. The zero-order valence-corrected chi connectivity index (χ0v) is 12.8. The molecule has 6 heteroatoms. The van der Waals surface area contributed by atoms with Gasteiger partial charge in [-0.25, -0.2) is 8.42 Å². The average Bonchev–Trinajstić information content (AvgIpc) is 2.26. The molecule has 0 saturated heterocycles. The molecule has 0 aliphatic carbocycles. The molecule has 0 bridgehead atoms. The molecule has 0 spiro atoms. The monoisotopic (exact) mass is 303 g/mol. The van der Waals surface area contributed by atoms with Crippen molar-refractivity contribution >= 4 is 25.6 Å². The highest BCUT2D eigenvalue weighted by Crippen LogP contribution is 2.19. The average molecular weight is 304 g/mol. The Morgan fingerprint density at radius 3 is 2.16 bits per heavy atom. The number of amides is 1. The summed E-state index contributed by atoms with van der Waals surface area (Å²) in [5.41, 5.74) is 0.834. The van der Waals surface area contributed by atoms with E-state index < -0.39 is 9.05 Å². The van der Waals surface area contributed by atoms with Gasteiger partial charge in [0.05, 0.1) is 10.9 Å². The van der Waals surface area contributed by atoms with Crippen LogP contribution >= 0.6 is 10.7 Å². The lowest BCUT2D eigenvalue weighted by atomic mass is 10.1. The van der Waals surface area contributed by atoms with Gasteiger partial charge in [-0.3, -0.25) is 4.79 Å². The minimum absolute atomic E-state index is 0.0171. The quantitative estimate of drug-likeness (QED) is 0.851. The van der Waals surface area contributed by atoms with Gasteiger partial charge in [0.1, 0.15) is 0 Å². The first-order valence-corrected chi connectivity index (χ1v) is 8.35. The summed E-state index contributed by atoms with van der Waals surface area (Å²) in [5, 5.41) is 2.86. The van der Waals surface area contributed by atoms with E-state index in [0.29, 0.717) is 12.3 Å². The zero-order chi connectivity index (χ0) is 14.6. The van der Waals surface area contributed by atoms with E-state index in [1.807, 2.05) is 20.8 Å². The minimum atomic E-state index is -3.70. The molecule has 0 fully saturated rings. The Bertz CT molecular complexity index is 538. The number of rotatable bonds is 5. The molecule has 0 heterocycles. The molecule has 0 radical (unpaired) electrons. The van der Waals surface area contributed by atoms with Crippen molar-refractivity contribution in [1.82, 2.24) is 5.32 Å². The molecule has 1 atom stereocenters. The van der Waals surface area contributed by atoms with E-state index in [2.05, 4.69) is 5.32 Å². The maximum Gasteiger partial charge on any atom is 0.261 e. The Balaban J connectivity index is 2.73. The third-order valence-corrected chi connectivity index (χ3v) is 4.00. The summed E-state index contributed by atoms with van der Waals surface area (Å²) in [5.74, 6) is 0.285. The van der Waals surface area contributed by atoms with Gasteiger partial charge in [-0.05, 0) is 30.5 Å². The van der Waals surface area contributed by atoms with Crippen LogP contribution in [0.25, 0.3) is 0 Å². The van der Waals surface area contributed by atoms with Crippen LogP contribution in [0.15, 0.2) is 29.2 Å². The van der Waals surface area contributed by atoms with Gasteiger partial charge in [0, 0.05) is 17.1 Å². The van der Waals surface area contributed by atoms with Crippen LogP contribution in [0.2, 0.25) is 0 Å². The van der Waals surface area contributed by atoms with Crippen molar-refractivity contribution in [1.29, 1.82) is 0 Å². The summed E-state index contributed by atoms with van der Waals surface area (Å²) >= 11 is 0. The van der Waals surface area contributed by atoms with Gasteiger partial charge < -0.3 is 5.32 Å². The Kier molecular flexibility index (Phi) is 5.38. The maximum atomic E-state index is 11.6. The second-order valence-electron chi connectivity index (χ2n) is 4.89. The van der Waals surface area contributed by atoms with E-state index in [-0.39, 0.29) is 16.8 Å². The summed E-state index contributed by atoms with van der Waals surface area (Å²) in [6.07, 6.45) is 0.471. The number of benzene rings is 1. The molecule has 19 heavy (non-hydrogen) atoms. The van der Waals surface area contributed by atoms with Crippen LogP contribution in [0.4, 0.5) is 0 Å². The lowest BCUT2D eigenvalue weighted by Crippen LogP contribution is -2.27. The molecule has 106 valence electrons. The van der Waals surface area contributed by atoms with Crippen molar-refractivity contribution in [3.05, 3.63) is 29.8 Å². The van der Waals surface area contributed by atoms with E-state index in [9.17, 15) is 13.2 Å². The molecule has 1 rings (SSSR count). The van der Waals surface area contributed by atoms with Gasteiger partial charge in [-0.2, -0.15) is 0 Å². The minimum Gasteiger partial charge on any atom is -0.350 e. The summed E-state index contributed by atoms with van der Waals surface area (Å²) < 4.78 is 22.2. The van der Waals surface area contributed by atoms with Crippen molar-refractivity contribution in [2.24, 2.45) is 5.92 Å². The van der Waals surface area contributed by atoms with Gasteiger partial charge in [0.25, 0.3) is 9.05 Å². The molecule has 0 aromatic heterocycles. The highest BCUT2D eigenvalue weighted by Gasteiger charge is 2.13. The predicted molar refractivity (Wildman–Crippen MR) is 75.5 cm³/mol. The SMILES string of the molecule is CC(C)CC(=O)NC(C)c1ccc(S(=O)(=O)Cl)cc1. The highest BCUT2D eigenvalue weighted by molar-refractivity contribution is 8.13. The Morgan fingerprint density at radius 1 is 1.21 bits per heavy atom. The lowest BCUT2D eigenvalue weighted by Gasteiger charge is -2.15. The molecule has 1 amide bonds. The fourth-order valence-corrected chi connectivity index (χ4v) is 2.44. The van der Waals surface area contributed by atoms with Gasteiger partial charge in [0.2, 0.25) is 5.91 Å². The fraction of sp³-hybridized carbons (Fsp3) is 0.462. The van der Waals surface area contributed by atoms with Crippen LogP contribution < -0.4 is 5.32 Å². The normalized spacial score (nSPS) is 13.3. The van der Waals surface area contributed by atoms with Crippen LogP contribution in [0, 0.1) is 5.92 Å². The summed E-state index contributed by atoms with van der Waals surface area (Å²) in [6.45, 7) is 5.80. The third-order valence-electron chi connectivity index (χ3n) is 2.63. The molecule has 1 aromatic rings. The van der Waals surface area contributed by atoms with Crippen LogP contribution in [0.5, 0.6) is 0 Å². The van der Waals surface area contributed by atoms with E-state index in [1.54, 1.807) is 12.1 Å². The summed E-state index contributed by atoms with van der Waals surface area (Å²) in [4.78, 5) is 11.7. The maximum absolute atomic E-state index is 11.6. The highest BCUT2D eigenvalue weighted by atomic mass is 35.7. The first kappa shape index (κ1) is 16.0. The number of halogens is 1. The number of carbonyl (C=O) groups excluding carboxylic acids is 1. The molecule has 0 aliphatic rings. The largest absolute Gasteiger partial charge is 0.350 e. The van der Waals surface area contributed by atoms with Crippen molar-refractivity contribution in [2.45, 2.75) is 38.1 Å². The first-order valence-electron chi connectivity index (χ1n) is 6.04. The number of nitrogens with one attached hydrogen (secondary N) is 1. The fourth-order valence-electron chi connectivity index (χ4n) is 1.67. The molecular formula is C13H18ClNO3S. The van der Waals surface area contributed by atoms with Gasteiger partial charge >= 0.3 is 0 Å². The molecular weight excluding hydrogens is 286 g/mol. The van der Waals surface area contributed by atoms with Gasteiger partial charge in [-0.15, -0.1) is 0 Å². The third kappa shape index (κ3) is 5.20. The topological polar surface area (TPSA) is 63.2 Å². The first-order chi connectivity index (χ1) is 8.70. The second-order valence-corrected chi connectivity index (χ2v) is 7.46. The number of hydrogen-bond acceptors (Lipinski definition) is 3. The van der Waals surface area contributed by atoms with Crippen molar-refractivity contribution in [2.75, 3.05) is 0 Å². The lowest BCUT2D eigenvalue weighted by molar-refractivity contribution is -0.122. The Labute approximate surface area is 118 Å². The standard InChI is InChI=1S/C13H18ClNO3S/c1-9(2)8-13(16)15-10(3)11-4-6-12(7-5-11)19(14,17)18/h4-7,9-10H,8H2,1-3H3,(H,15,16). The van der Waals surface area contributed by atoms with Crippen LogP contribution in [-0.4, -0.2) is 14.3 Å². The van der Waals surface area contributed by atoms with Crippen LogP contribution in [-0.2, 0) is 13.8 Å². The van der Waals surface area contributed by atoms with Gasteiger partial charge in [-0.1, -0.05) is 26.0 Å². The van der Waals surface area contributed by atoms with Gasteiger partial charge in [0.15, 0.2) is 0 Å². The van der Waals surface area contributed by atoms with E-state index in [0.717, 1.165) is 5.56 Å². The Morgan fingerprint density at radius 2 is 1.74 bits per heavy atom. The smallest absolute Gasteiger partial charge is 0.261 e. The molecule has 1 unspecified atom stereocenters. The number of carbonyl (C=O) groups is 1. The van der Waals surface area contributed by atoms with Crippen molar-refractivity contribution in [3.8, 4) is 0 Å². The van der Waals surface area contributed by atoms with E-state index >= 15 is 0 Å². The van der Waals surface area contributed by atoms with Crippen molar-refractivity contribution in [3.63, 3.8) is 0 Å². The summed E-state index contributed by atoms with van der Waals surface area (Å²) in [7, 11) is 1.54. The predicted octanol–water partition coefficient (Wildman–Crippen LogP) is 2.84. The molecule has 0 aliphatic heterocycles. The van der Waals surface area contributed by atoms with E-state index in [1.165, 1.54) is 12.1 Å². The number of hydrogen-bond donors (Lipinski definition) is 1. The zero-order valence-electron chi connectivity index (χ0n) is 11.2. The van der Waals surface area contributed by atoms with Crippen molar-refractivity contribution < 1.29 is 13.2 Å². The summed E-state index contributed by atoms with van der Waals surface area (Å²) in [6, 6.07) is 6.00. The van der Waals surface area contributed by atoms with E-state index in [4.69, 9.17) is 10.7 Å². The Hall–Kier alpha value is -1.07.